The molecule has 1 fully saturated rings. The Morgan fingerprint density at radius 3 is 2.88 bits per heavy atom. The van der Waals surface area contributed by atoms with Crippen molar-refractivity contribution in [3.8, 4) is 0 Å². The third-order valence-corrected chi connectivity index (χ3v) is 4.14. The van der Waals surface area contributed by atoms with Crippen LogP contribution in [0.3, 0.4) is 0 Å². The highest BCUT2D eigenvalue weighted by Crippen LogP contribution is 2.42. The van der Waals surface area contributed by atoms with Crippen LogP contribution in [-0.4, -0.2) is 43.9 Å². The zero-order valence-corrected chi connectivity index (χ0v) is 9.55. The van der Waals surface area contributed by atoms with Crippen LogP contribution in [0.2, 0.25) is 0 Å². The summed E-state index contributed by atoms with van der Waals surface area (Å²) >= 11 is 1.01. The molecule has 0 spiro atoms. The molecular formula is C9H12FN3O3S. The van der Waals surface area contributed by atoms with Crippen molar-refractivity contribution in [1.29, 1.82) is 0 Å². The van der Waals surface area contributed by atoms with Gasteiger partial charge in [-0.1, -0.05) is 0 Å². The number of aliphatic hydroxyl groups excluding tert-OH is 2. The van der Waals surface area contributed by atoms with Crippen molar-refractivity contribution in [3.05, 3.63) is 22.7 Å². The second-order valence-corrected chi connectivity index (χ2v) is 5.09. The van der Waals surface area contributed by atoms with Gasteiger partial charge in [0.05, 0.1) is 11.9 Å². The van der Waals surface area contributed by atoms with Crippen molar-refractivity contribution in [2.75, 3.05) is 12.3 Å². The quantitative estimate of drug-likeness (QED) is 0.640. The molecular weight excluding hydrogens is 249 g/mol. The van der Waals surface area contributed by atoms with Gasteiger partial charge in [0.2, 0.25) is 0 Å². The summed E-state index contributed by atoms with van der Waals surface area (Å²) in [6.07, 6.45) is -1.58. The van der Waals surface area contributed by atoms with E-state index in [0.29, 0.717) is 0 Å². The summed E-state index contributed by atoms with van der Waals surface area (Å²) in [7, 11) is 0. The molecule has 94 valence electrons. The fourth-order valence-electron chi connectivity index (χ4n) is 1.70. The Balaban J connectivity index is 2.32. The average Bonchev–Trinajstić information content (AvgIpc) is 2.57. The van der Waals surface area contributed by atoms with Crippen molar-refractivity contribution in [1.82, 2.24) is 9.55 Å². The molecule has 2 heterocycles. The Labute approximate surface area is 100 Å². The number of nitrogen functional groups attached to an aromatic ring is 1. The second-order valence-electron chi connectivity index (χ2n) is 3.72. The monoisotopic (exact) mass is 261 g/mol. The van der Waals surface area contributed by atoms with Crippen molar-refractivity contribution < 1.29 is 14.6 Å². The number of nitrogens with two attached hydrogens (primary N) is 1. The van der Waals surface area contributed by atoms with Crippen molar-refractivity contribution in [3.63, 3.8) is 0 Å². The van der Waals surface area contributed by atoms with E-state index in [1.165, 1.54) is 12.3 Å². The third kappa shape index (κ3) is 2.15. The molecule has 0 unspecified atom stereocenters. The van der Waals surface area contributed by atoms with Crippen LogP contribution >= 0.6 is 11.8 Å². The molecule has 1 aliphatic rings. The van der Waals surface area contributed by atoms with Gasteiger partial charge in [0.1, 0.15) is 17.3 Å². The number of hydrogen-bond donors (Lipinski definition) is 3. The third-order valence-electron chi connectivity index (χ3n) is 2.60. The molecule has 1 aliphatic heterocycles. The first-order chi connectivity index (χ1) is 8.04. The van der Waals surface area contributed by atoms with Gasteiger partial charge in [-0.15, -0.1) is 11.8 Å². The molecule has 0 aliphatic carbocycles. The van der Waals surface area contributed by atoms with Gasteiger partial charge in [0, 0.05) is 6.20 Å². The number of aliphatic hydroxyl groups is 2. The summed E-state index contributed by atoms with van der Waals surface area (Å²) < 4.78 is 14.9. The zero-order chi connectivity index (χ0) is 12.6. The van der Waals surface area contributed by atoms with E-state index in [1.807, 2.05) is 0 Å². The van der Waals surface area contributed by atoms with Gasteiger partial charge in [0.25, 0.3) is 0 Å². The average molecular weight is 261 g/mol. The molecule has 1 aromatic rings. The molecule has 4 atom stereocenters. The smallest absolute Gasteiger partial charge is 0.350 e. The summed E-state index contributed by atoms with van der Waals surface area (Å²) in [4.78, 5) is 15.0. The molecule has 0 bridgehead atoms. The topological polar surface area (TPSA) is 101 Å². The van der Waals surface area contributed by atoms with Gasteiger partial charge in [-0.05, 0) is 6.07 Å². The molecule has 0 amide bonds. The number of thioether (sulfide) groups is 1. The second kappa shape index (κ2) is 4.63. The minimum atomic E-state index is -1.62. The minimum Gasteiger partial charge on any atom is -0.395 e. The predicted octanol–water partition coefficient (Wildman–Crippen LogP) is -0.869. The summed E-state index contributed by atoms with van der Waals surface area (Å²) in [6.45, 7) is -0.347. The molecule has 4 N–H and O–H groups in total. The van der Waals surface area contributed by atoms with E-state index < -0.39 is 28.6 Å². The van der Waals surface area contributed by atoms with E-state index in [0.717, 1.165) is 16.3 Å². The van der Waals surface area contributed by atoms with Gasteiger partial charge >= 0.3 is 5.69 Å². The summed E-state index contributed by atoms with van der Waals surface area (Å²) in [6, 6.07) is 1.38. The first-order valence-corrected chi connectivity index (χ1v) is 5.92. The van der Waals surface area contributed by atoms with Crippen LogP contribution in [0.15, 0.2) is 17.1 Å². The highest BCUT2D eigenvalue weighted by molar-refractivity contribution is 8.00. The highest BCUT2D eigenvalue weighted by Gasteiger charge is 2.44. The molecule has 1 aromatic heterocycles. The number of hydrogen-bond acceptors (Lipinski definition) is 6. The van der Waals surface area contributed by atoms with E-state index >= 15 is 0 Å². The van der Waals surface area contributed by atoms with Gasteiger partial charge in [-0.25, -0.2) is 9.18 Å². The fraction of sp³-hybridized carbons (Fsp3) is 0.556. The van der Waals surface area contributed by atoms with Crippen LogP contribution in [0.4, 0.5) is 10.2 Å². The van der Waals surface area contributed by atoms with Crippen molar-refractivity contribution in [2.24, 2.45) is 0 Å². The SMILES string of the molecule is Nc1ccn([C@H]2S[C@@H](CO)[C@@H](O)[C@H]2F)c(=O)n1. The number of anilines is 1. The maximum Gasteiger partial charge on any atom is 0.350 e. The Morgan fingerprint density at radius 2 is 2.35 bits per heavy atom. The Morgan fingerprint density at radius 1 is 1.65 bits per heavy atom. The molecule has 2 rings (SSSR count). The fourth-order valence-corrected chi connectivity index (χ4v) is 3.06. The van der Waals surface area contributed by atoms with E-state index in [4.69, 9.17) is 10.8 Å². The molecule has 1 saturated heterocycles. The van der Waals surface area contributed by atoms with Crippen LogP contribution in [0.25, 0.3) is 0 Å². The van der Waals surface area contributed by atoms with Gasteiger partial charge in [-0.2, -0.15) is 4.98 Å². The van der Waals surface area contributed by atoms with Gasteiger partial charge < -0.3 is 15.9 Å². The Bertz CT molecular complexity index is 469. The summed E-state index contributed by atoms with van der Waals surface area (Å²) in [5.41, 5.74) is 4.66. The van der Waals surface area contributed by atoms with Crippen LogP contribution in [-0.2, 0) is 0 Å². The lowest BCUT2D eigenvalue weighted by molar-refractivity contribution is 0.0631. The molecule has 0 radical (unpaired) electrons. The zero-order valence-electron chi connectivity index (χ0n) is 8.73. The van der Waals surface area contributed by atoms with Crippen molar-refractivity contribution in [2.45, 2.75) is 22.9 Å². The number of rotatable bonds is 2. The largest absolute Gasteiger partial charge is 0.395 e. The summed E-state index contributed by atoms with van der Waals surface area (Å²) in [5, 5.41) is 17.0. The molecule has 0 aromatic carbocycles. The lowest BCUT2D eigenvalue weighted by Gasteiger charge is -2.15. The van der Waals surface area contributed by atoms with Gasteiger partial charge in [0.15, 0.2) is 6.17 Å². The van der Waals surface area contributed by atoms with E-state index in [-0.39, 0.29) is 12.4 Å². The maximum absolute atomic E-state index is 13.8. The molecule has 8 heteroatoms. The van der Waals surface area contributed by atoms with E-state index in [9.17, 15) is 14.3 Å². The van der Waals surface area contributed by atoms with Gasteiger partial charge in [-0.3, -0.25) is 4.57 Å². The van der Waals surface area contributed by atoms with Crippen LogP contribution in [0.1, 0.15) is 5.37 Å². The van der Waals surface area contributed by atoms with Crippen LogP contribution in [0, 0.1) is 0 Å². The van der Waals surface area contributed by atoms with E-state index in [2.05, 4.69) is 4.98 Å². The normalized spacial score (nSPS) is 32.9. The predicted molar refractivity (Wildman–Crippen MR) is 61.3 cm³/mol. The van der Waals surface area contributed by atoms with Crippen molar-refractivity contribution >= 4 is 17.6 Å². The number of halogens is 1. The Hall–Kier alpha value is -1.12. The van der Waals surface area contributed by atoms with E-state index in [1.54, 1.807) is 0 Å². The standard InChI is InChI=1S/C9H12FN3O3S/c10-6-7(15)4(3-14)17-8(6)13-2-1-5(11)12-9(13)16/h1-2,4,6-8,14-15H,3H2,(H2,11,12,16)/t4-,6+,7+,8-/m0/s1. The number of alkyl halides is 1. The molecule has 17 heavy (non-hydrogen) atoms. The van der Waals surface area contributed by atoms with Crippen LogP contribution in [0.5, 0.6) is 0 Å². The number of nitrogens with zero attached hydrogens (tertiary/aromatic N) is 2. The first kappa shape index (κ1) is 12.3. The first-order valence-electron chi connectivity index (χ1n) is 4.97. The minimum absolute atomic E-state index is 0.0592. The molecule has 0 saturated carbocycles. The lowest BCUT2D eigenvalue weighted by Crippen LogP contribution is -2.33. The maximum atomic E-state index is 13.8. The molecule has 6 nitrogen and oxygen atoms in total. The Kier molecular flexibility index (Phi) is 3.36. The highest BCUT2D eigenvalue weighted by atomic mass is 32.2. The lowest BCUT2D eigenvalue weighted by atomic mass is 10.1. The summed E-state index contributed by atoms with van der Waals surface area (Å²) in [5.74, 6) is 0.0592. The number of aromatic nitrogens is 2. The van der Waals surface area contributed by atoms with Crippen LogP contribution < -0.4 is 11.4 Å².